The van der Waals surface area contributed by atoms with Gasteiger partial charge in [-0.05, 0) is 39.3 Å². The molecule has 1 rings (SSSR count). The second-order valence-corrected chi connectivity index (χ2v) is 4.36. The van der Waals surface area contributed by atoms with Crippen LogP contribution in [0.4, 0.5) is 0 Å². The molecule has 1 fully saturated rings. The number of rotatable bonds is 3. The van der Waals surface area contributed by atoms with Gasteiger partial charge in [0.2, 0.25) is 0 Å². The summed E-state index contributed by atoms with van der Waals surface area (Å²) in [4.78, 5) is 2.43. The zero-order valence-corrected chi connectivity index (χ0v) is 8.84. The van der Waals surface area contributed by atoms with Crippen molar-refractivity contribution in [1.29, 1.82) is 0 Å². The molecule has 0 saturated heterocycles. The fourth-order valence-corrected chi connectivity index (χ4v) is 2.58. The molecule has 0 heterocycles. The summed E-state index contributed by atoms with van der Waals surface area (Å²) in [5.41, 5.74) is 0. The van der Waals surface area contributed by atoms with E-state index >= 15 is 0 Å². The van der Waals surface area contributed by atoms with Gasteiger partial charge in [-0.15, -0.1) is 0 Å². The highest BCUT2D eigenvalue weighted by molar-refractivity contribution is 4.80. The minimum Gasteiger partial charge on any atom is -0.306 e. The van der Waals surface area contributed by atoms with Crippen LogP contribution in [0.2, 0.25) is 0 Å². The van der Waals surface area contributed by atoms with Gasteiger partial charge in [-0.25, -0.2) is 0 Å². The molecule has 2 atom stereocenters. The van der Waals surface area contributed by atoms with Crippen LogP contribution in [-0.2, 0) is 0 Å². The largest absolute Gasteiger partial charge is 0.306 e. The molecule has 1 aliphatic rings. The van der Waals surface area contributed by atoms with Gasteiger partial charge in [-0.1, -0.05) is 26.2 Å². The first-order valence-corrected chi connectivity index (χ1v) is 5.42. The van der Waals surface area contributed by atoms with Crippen molar-refractivity contribution in [3.63, 3.8) is 0 Å². The Labute approximate surface area is 77.1 Å². The van der Waals surface area contributed by atoms with E-state index in [0.717, 1.165) is 12.0 Å². The molecule has 0 radical (unpaired) electrons. The van der Waals surface area contributed by atoms with Crippen molar-refractivity contribution in [3.05, 3.63) is 0 Å². The van der Waals surface area contributed by atoms with Gasteiger partial charge in [0.05, 0.1) is 0 Å². The zero-order chi connectivity index (χ0) is 8.97. The van der Waals surface area contributed by atoms with E-state index in [9.17, 15) is 0 Å². The van der Waals surface area contributed by atoms with Crippen molar-refractivity contribution in [1.82, 2.24) is 4.90 Å². The highest BCUT2D eigenvalue weighted by Crippen LogP contribution is 2.30. The summed E-state index contributed by atoms with van der Waals surface area (Å²) < 4.78 is 0. The minimum atomic E-state index is 0.874. The monoisotopic (exact) mass is 169 g/mol. The van der Waals surface area contributed by atoms with Gasteiger partial charge in [0.25, 0.3) is 0 Å². The predicted octanol–water partition coefficient (Wildman–Crippen LogP) is 2.91. The van der Waals surface area contributed by atoms with Crippen LogP contribution in [0.25, 0.3) is 0 Å². The number of hydrogen-bond donors (Lipinski definition) is 0. The molecule has 1 aliphatic carbocycles. The van der Waals surface area contributed by atoms with E-state index in [1.165, 1.54) is 38.5 Å². The third-order valence-corrected chi connectivity index (χ3v) is 3.19. The van der Waals surface area contributed by atoms with Gasteiger partial charge in [0.1, 0.15) is 0 Å². The first-order chi connectivity index (χ1) is 5.75. The van der Waals surface area contributed by atoms with E-state index in [-0.39, 0.29) is 0 Å². The Kier molecular flexibility index (Phi) is 4.07. The van der Waals surface area contributed by atoms with Crippen LogP contribution < -0.4 is 0 Å². The van der Waals surface area contributed by atoms with Gasteiger partial charge in [0.15, 0.2) is 0 Å². The van der Waals surface area contributed by atoms with E-state index in [0.29, 0.717) is 0 Å². The van der Waals surface area contributed by atoms with Crippen molar-refractivity contribution in [2.24, 2.45) is 5.92 Å². The predicted molar refractivity (Wildman–Crippen MR) is 54.3 cm³/mol. The summed E-state index contributed by atoms with van der Waals surface area (Å²) >= 11 is 0. The second-order valence-electron chi connectivity index (χ2n) is 4.36. The maximum atomic E-state index is 2.43. The third-order valence-electron chi connectivity index (χ3n) is 3.19. The highest BCUT2D eigenvalue weighted by atomic mass is 15.1. The topological polar surface area (TPSA) is 3.24 Å². The van der Waals surface area contributed by atoms with Crippen LogP contribution in [0.5, 0.6) is 0 Å². The van der Waals surface area contributed by atoms with Crippen LogP contribution in [0.3, 0.4) is 0 Å². The summed E-state index contributed by atoms with van der Waals surface area (Å²) in [6, 6.07) is 0.874. The normalized spacial score (nSPS) is 31.0. The fraction of sp³-hybridized carbons (Fsp3) is 1.00. The lowest BCUT2D eigenvalue weighted by atomic mass is 9.81. The first-order valence-electron chi connectivity index (χ1n) is 5.42. The summed E-state index contributed by atoms with van der Waals surface area (Å²) in [5.74, 6) is 0.985. The maximum Gasteiger partial charge on any atom is 0.0117 e. The molecule has 1 nitrogen and oxygen atoms in total. The molecule has 0 bridgehead atoms. The number of hydrogen-bond acceptors (Lipinski definition) is 1. The van der Waals surface area contributed by atoms with Gasteiger partial charge in [0, 0.05) is 6.04 Å². The van der Waals surface area contributed by atoms with Crippen molar-refractivity contribution in [3.8, 4) is 0 Å². The van der Waals surface area contributed by atoms with Crippen LogP contribution in [0, 0.1) is 5.92 Å². The zero-order valence-electron chi connectivity index (χ0n) is 8.84. The van der Waals surface area contributed by atoms with Crippen molar-refractivity contribution in [2.45, 2.75) is 51.5 Å². The highest BCUT2D eigenvalue weighted by Gasteiger charge is 2.25. The lowest BCUT2D eigenvalue weighted by Gasteiger charge is -2.36. The van der Waals surface area contributed by atoms with Crippen LogP contribution >= 0.6 is 0 Å². The molecule has 1 saturated carbocycles. The third kappa shape index (κ3) is 2.48. The molecule has 72 valence electrons. The van der Waals surface area contributed by atoms with Gasteiger partial charge < -0.3 is 4.90 Å². The van der Waals surface area contributed by atoms with E-state index in [1.54, 1.807) is 0 Å². The lowest BCUT2D eigenvalue weighted by molar-refractivity contribution is 0.147. The number of nitrogens with zero attached hydrogens (tertiary/aromatic N) is 1. The molecule has 0 N–H and O–H groups in total. The SMILES string of the molecule is CCCC1CCCCC1N(C)C. The molecule has 0 aromatic heterocycles. The Hall–Kier alpha value is -0.0400. The van der Waals surface area contributed by atoms with Crippen LogP contribution in [-0.4, -0.2) is 25.0 Å². The van der Waals surface area contributed by atoms with E-state index in [1.807, 2.05) is 0 Å². The summed E-state index contributed by atoms with van der Waals surface area (Å²) in [6.45, 7) is 2.31. The Balaban J connectivity index is 2.42. The van der Waals surface area contributed by atoms with Crippen molar-refractivity contribution < 1.29 is 0 Å². The first kappa shape index (κ1) is 10.0. The molecule has 12 heavy (non-hydrogen) atoms. The van der Waals surface area contributed by atoms with Crippen LogP contribution in [0.1, 0.15) is 45.4 Å². The Morgan fingerprint density at radius 1 is 1.17 bits per heavy atom. The molecule has 0 amide bonds. The molecule has 0 aromatic rings. The molecule has 0 spiro atoms. The fourth-order valence-electron chi connectivity index (χ4n) is 2.58. The van der Waals surface area contributed by atoms with Gasteiger partial charge >= 0.3 is 0 Å². The average molecular weight is 169 g/mol. The Morgan fingerprint density at radius 3 is 2.42 bits per heavy atom. The van der Waals surface area contributed by atoms with Crippen LogP contribution in [0.15, 0.2) is 0 Å². The minimum absolute atomic E-state index is 0.874. The van der Waals surface area contributed by atoms with E-state index in [4.69, 9.17) is 0 Å². The van der Waals surface area contributed by atoms with Gasteiger partial charge in [-0.2, -0.15) is 0 Å². The Morgan fingerprint density at radius 2 is 1.83 bits per heavy atom. The molecule has 0 aliphatic heterocycles. The lowest BCUT2D eigenvalue weighted by Crippen LogP contribution is -2.37. The molecule has 0 aromatic carbocycles. The van der Waals surface area contributed by atoms with E-state index < -0.39 is 0 Å². The van der Waals surface area contributed by atoms with Gasteiger partial charge in [-0.3, -0.25) is 0 Å². The Bertz CT molecular complexity index is 118. The summed E-state index contributed by atoms with van der Waals surface area (Å²) in [6.07, 6.45) is 8.60. The smallest absolute Gasteiger partial charge is 0.0117 e. The summed E-state index contributed by atoms with van der Waals surface area (Å²) in [5, 5.41) is 0. The standard InChI is InChI=1S/C11H23N/c1-4-7-10-8-5-6-9-11(10)12(2)3/h10-11H,4-9H2,1-3H3. The average Bonchev–Trinajstić information content (AvgIpc) is 2.05. The van der Waals surface area contributed by atoms with E-state index in [2.05, 4.69) is 25.9 Å². The van der Waals surface area contributed by atoms with Crippen molar-refractivity contribution in [2.75, 3.05) is 14.1 Å². The molecular formula is C11H23N. The molecular weight excluding hydrogens is 146 g/mol. The maximum absolute atomic E-state index is 2.43. The second kappa shape index (κ2) is 4.86. The van der Waals surface area contributed by atoms with Crippen molar-refractivity contribution >= 4 is 0 Å². The molecule has 2 unspecified atom stereocenters. The molecule has 1 heteroatoms. The summed E-state index contributed by atoms with van der Waals surface area (Å²) in [7, 11) is 4.47. The quantitative estimate of drug-likeness (QED) is 0.628.